The number of hydrogen-bond donors (Lipinski definition) is 0. The van der Waals surface area contributed by atoms with Crippen molar-refractivity contribution in [3.8, 4) is 0 Å². The van der Waals surface area contributed by atoms with Gasteiger partial charge >= 0.3 is 5.96 Å². The molecule has 0 aliphatic carbocycles. The van der Waals surface area contributed by atoms with Crippen molar-refractivity contribution in [1.29, 1.82) is 0 Å². The summed E-state index contributed by atoms with van der Waals surface area (Å²) in [5.41, 5.74) is 1.39. The largest absolute Gasteiger partial charge is 0.350 e. The van der Waals surface area contributed by atoms with Crippen LogP contribution in [-0.2, 0) is 6.54 Å². The second-order valence-electron chi connectivity index (χ2n) is 6.67. The van der Waals surface area contributed by atoms with Gasteiger partial charge in [-0.25, -0.2) is 0 Å². The average Bonchev–Trinajstić information content (AvgIpc) is 2.66. The third kappa shape index (κ3) is 7.09. The maximum atomic E-state index is 2.65. The zero-order valence-corrected chi connectivity index (χ0v) is 17.3. The van der Waals surface area contributed by atoms with Crippen LogP contribution in [0.15, 0.2) is 30.3 Å². The van der Waals surface area contributed by atoms with Gasteiger partial charge in [-0.1, -0.05) is 57.0 Å². The monoisotopic (exact) mass is 346 g/mol. The van der Waals surface area contributed by atoms with Crippen LogP contribution in [0.25, 0.3) is 0 Å². The van der Waals surface area contributed by atoms with Crippen molar-refractivity contribution in [2.24, 2.45) is 0 Å². The fourth-order valence-corrected chi connectivity index (χ4v) is 3.24. The quantitative estimate of drug-likeness (QED) is 0.323. The first kappa shape index (κ1) is 21.5. The summed E-state index contributed by atoms with van der Waals surface area (Å²) in [7, 11) is 0. The molecule has 1 aromatic carbocycles. The molecule has 0 aliphatic heterocycles. The molecule has 0 heterocycles. The molecule has 0 unspecified atom stereocenters. The summed E-state index contributed by atoms with van der Waals surface area (Å²) in [5.74, 6) is 1.43. The SMILES string of the molecule is CCCC[N+](CCCC)=C(N(CC)CC)N(CC)Cc1ccccc1. The number of hydrogen-bond acceptors (Lipinski definition) is 0. The van der Waals surface area contributed by atoms with E-state index in [9.17, 15) is 0 Å². The van der Waals surface area contributed by atoms with Gasteiger partial charge in [-0.3, -0.25) is 14.4 Å². The Balaban J connectivity index is 3.21. The molecular formula is C22H40N3+. The molecule has 3 heteroatoms. The third-order valence-electron chi connectivity index (χ3n) is 4.77. The minimum Gasteiger partial charge on any atom is -0.265 e. The summed E-state index contributed by atoms with van der Waals surface area (Å²) in [5, 5.41) is 0. The summed E-state index contributed by atoms with van der Waals surface area (Å²) in [6, 6.07) is 10.9. The lowest BCUT2D eigenvalue weighted by Crippen LogP contribution is -2.50. The smallest absolute Gasteiger partial charge is 0.265 e. The molecule has 0 atom stereocenters. The highest BCUT2D eigenvalue weighted by molar-refractivity contribution is 5.75. The third-order valence-corrected chi connectivity index (χ3v) is 4.77. The van der Waals surface area contributed by atoms with E-state index >= 15 is 0 Å². The molecule has 1 rings (SSSR count). The van der Waals surface area contributed by atoms with Crippen molar-refractivity contribution in [3.05, 3.63) is 35.9 Å². The first-order valence-electron chi connectivity index (χ1n) is 10.4. The normalized spacial score (nSPS) is 10.6. The Hall–Kier alpha value is -1.51. The molecule has 0 spiro atoms. The Morgan fingerprint density at radius 1 is 0.760 bits per heavy atom. The second kappa shape index (κ2) is 12.8. The molecule has 0 aliphatic rings. The Bertz CT molecular complexity index is 467. The van der Waals surface area contributed by atoms with Gasteiger partial charge in [-0.15, -0.1) is 0 Å². The van der Waals surface area contributed by atoms with Crippen molar-refractivity contribution >= 4 is 5.96 Å². The summed E-state index contributed by atoms with van der Waals surface area (Å²) in [4.78, 5) is 5.10. The van der Waals surface area contributed by atoms with E-state index in [1.165, 1.54) is 37.2 Å². The second-order valence-corrected chi connectivity index (χ2v) is 6.67. The van der Waals surface area contributed by atoms with Crippen LogP contribution in [0.4, 0.5) is 0 Å². The zero-order chi connectivity index (χ0) is 18.5. The van der Waals surface area contributed by atoms with Crippen molar-refractivity contribution < 1.29 is 4.58 Å². The van der Waals surface area contributed by atoms with Crippen LogP contribution in [0.2, 0.25) is 0 Å². The van der Waals surface area contributed by atoms with E-state index in [2.05, 4.69) is 79.3 Å². The summed E-state index contributed by atoms with van der Waals surface area (Å²) < 4.78 is 2.65. The van der Waals surface area contributed by atoms with Crippen LogP contribution < -0.4 is 0 Å². The molecule has 0 N–H and O–H groups in total. The van der Waals surface area contributed by atoms with E-state index in [0.717, 1.165) is 39.3 Å². The molecule has 0 saturated heterocycles. The molecule has 25 heavy (non-hydrogen) atoms. The van der Waals surface area contributed by atoms with Crippen LogP contribution in [0.3, 0.4) is 0 Å². The number of guanidine groups is 1. The van der Waals surface area contributed by atoms with Crippen molar-refractivity contribution in [2.45, 2.75) is 66.8 Å². The predicted octanol–water partition coefficient (Wildman–Crippen LogP) is 4.82. The number of unbranched alkanes of at least 4 members (excludes halogenated alkanes) is 2. The van der Waals surface area contributed by atoms with Gasteiger partial charge in [0.25, 0.3) is 0 Å². The van der Waals surface area contributed by atoms with Crippen LogP contribution in [0.5, 0.6) is 0 Å². The van der Waals surface area contributed by atoms with Crippen molar-refractivity contribution in [1.82, 2.24) is 9.80 Å². The fraction of sp³-hybridized carbons (Fsp3) is 0.682. The Morgan fingerprint density at radius 2 is 1.28 bits per heavy atom. The molecule has 142 valence electrons. The molecule has 0 saturated carbocycles. The van der Waals surface area contributed by atoms with Gasteiger partial charge in [-0.05, 0) is 39.2 Å². The maximum absolute atomic E-state index is 2.65. The van der Waals surface area contributed by atoms with Crippen LogP contribution in [-0.4, -0.2) is 53.1 Å². The first-order valence-corrected chi connectivity index (χ1v) is 10.4. The highest BCUT2D eigenvalue weighted by Gasteiger charge is 2.26. The lowest BCUT2D eigenvalue weighted by atomic mass is 10.2. The topological polar surface area (TPSA) is 9.49 Å². The van der Waals surface area contributed by atoms with Crippen LogP contribution in [0, 0.1) is 0 Å². The molecule has 0 bridgehead atoms. The van der Waals surface area contributed by atoms with Gasteiger partial charge in [0.05, 0.1) is 39.3 Å². The molecule has 0 fully saturated rings. The van der Waals surface area contributed by atoms with E-state index in [4.69, 9.17) is 0 Å². The standard InChI is InChI=1S/C22H40N3/c1-6-11-18-25(19-12-7-2)22(23(8-3)9-4)24(10-5)20-21-16-14-13-15-17-21/h13-17H,6-12,18-20H2,1-5H3/q+1. The molecule has 0 amide bonds. The minimum atomic E-state index is 0.984. The Kier molecular flexibility index (Phi) is 11.0. The van der Waals surface area contributed by atoms with Gasteiger partial charge < -0.3 is 0 Å². The predicted molar refractivity (Wildman–Crippen MR) is 110 cm³/mol. The van der Waals surface area contributed by atoms with Gasteiger partial charge in [-0.2, -0.15) is 0 Å². The highest BCUT2D eigenvalue weighted by Crippen LogP contribution is 2.09. The van der Waals surface area contributed by atoms with Crippen LogP contribution in [0.1, 0.15) is 65.9 Å². The number of rotatable bonds is 11. The molecule has 0 aromatic heterocycles. The fourth-order valence-electron chi connectivity index (χ4n) is 3.24. The van der Waals surface area contributed by atoms with Gasteiger partial charge in [0.15, 0.2) is 0 Å². The van der Waals surface area contributed by atoms with E-state index in [1.807, 2.05) is 0 Å². The summed E-state index contributed by atoms with van der Waals surface area (Å²) >= 11 is 0. The Morgan fingerprint density at radius 3 is 1.72 bits per heavy atom. The first-order chi connectivity index (χ1) is 12.2. The highest BCUT2D eigenvalue weighted by atomic mass is 15.4. The van der Waals surface area contributed by atoms with Gasteiger partial charge in [0.2, 0.25) is 0 Å². The van der Waals surface area contributed by atoms with E-state index in [1.54, 1.807) is 0 Å². The van der Waals surface area contributed by atoms with Crippen molar-refractivity contribution in [3.63, 3.8) is 0 Å². The van der Waals surface area contributed by atoms with E-state index in [0.29, 0.717) is 0 Å². The molecule has 3 nitrogen and oxygen atoms in total. The lowest BCUT2D eigenvalue weighted by Gasteiger charge is -2.29. The van der Waals surface area contributed by atoms with Crippen molar-refractivity contribution in [2.75, 3.05) is 32.7 Å². The number of benzene rings is 1. The van der Waals surface area contributed by atoms with Gasteiger partial charge in [0.1, 0.15) is 0 Å². The van der Waals surface area contributed by atoms with E-state index in [-0.39, 0.29) is 0 Å². The number of nitrogens with zero attached hydrogens (tertiary/aromatic N) is 3. The zero-order valence-electron chi connectivity index (χ0n) is 17.3. The van der Waals surface area contributed by atoms with E-state index < -0.39 is 0 Å². The summed E-state index contributed by atoms with van der Waals surface area (Å²) in [6.45, 7) is 17.9. The minimum absolute atomic E-state index is 0.984. The van der Waals surface area contributed by atoms with Gasteiger partial charge in [0, 0.05) is 0 Å². The molecular weight excluding hydrogens is 306 g/mol. The Labute approximate surface area is 156 Å². The molecule has 1 aromatic rings. The molecule has 0 radical (unpaired) electrons. The van der Waals surface area contributed by atoms with Crippen LogP contribution >= 0.6 is 0 Å². The lowest BCUT2D eigenvalue weighted by molar-refractivity contribution is -0.539. The maximum Gasteiger partial charge on any atom is 0.350 e. The average molecular weight is 347 g/mol. The summed E-state index contributed by atoms with van der Waals surface area (Å²) in [6.07, 6.45) is 5.02.